The fourth-order valence-corrected chi connectivity index (χ4v) is 4.10. The summed E-state index contributed by atoms with van der Waals surface area (Å²) in [6.45, 7) is 8.23. The summed E-state index contributed by atoms with van der Waals surface area (Å²) in [6, 6.07) is 19.1. The second-order valence-corrected chi connectivity index (χ2v) is 8.22. The normalized spacial score (nSPS) is 18.6. The molecule has 0 saturated carbocycles. The van der Waals surface area contributed by atoms with Crippen molar-refractivity contribution >= 4 is 12.0 Å². The first-order valence-electron chi connectivity index (χ1n) is 10.0. The molecule has 1 saturated heterocycles. The molecule has 2 aromatic carbocycles. The van der Waals surface area contributed by atoms with Gasteiger partial charge in [0.15, 0.2) is 5.60 Å². The van der Waals surface area contributed by atoms with Crippen LogP contribution in [-0.4, -0.2) is 22.9 Å². The van der Waals surface area contributed by atoms with Crippen molar-refractivity contribution in [3.63, 3.8) is 0 Å². The third kappa shape index (κ3) is 3.56. The van der Waals surface area contributed by atoms with Crippen molar-refractivity contribution < 1.29 is 14.3 Å². The highest BCUT2D eigenvalue weighted by Crippen LogP contribution is 2.47. The Bertz CT molecular complexity index is 775. The molecule has 0 radical (unpaired) electrons. The predicted molar refractivity (Wildman–Crippen MR) is 110 cm³/mol. The van der Waals surface area contributed by atoms with Crippen molar-refractivity contribution in [2.24, 2.45) is 11.8 Å². The Morgan fingerprint density at radius 1 is 0.964 bits per heavy atom. The van der Waals surface area contributed by atoms with Crippen LogP contribution in [0.2, 0.25) is 0 Å². The lowest BCUT2D eigenvalue weighted by Gasteiger charge is -2.37. The van der Waals surface area contributed by atoms with Crippen LogP contribution < -0.4 is 0 Å². The van der Waals surface area contributed by atoms with E-state index in [1.165, 1.54) is 4.90 Å². The molecule has 2 aromatic rings. The molecule has 0 bridgehead atoms. The van der Waals surface area contributed by atoms with Gasteiger partial charge in [-0.1, -0.05) is 88.4 Å². The van der Waals surface area contributed by atoms with Crippen LogP contribution in [0.15, 0.2) is 60.7 Å². The minimum absolute atomic E-state index is 0.0230. The second-order valence-electron chi connectivity index (χ2n) is 8.22. The highest BCUT2D eigenvalue weighted by molar-refractivity contribution is 5.94. The molecule has 3 rings (SSSR count). The number of hydrogen-bond donors (Lipinski definition) is 0. The quantitative estimate of drug-likeness (QED) is 0.678. The maximum absolute atomic E-state index is 13.1. The Kier molecular flexibility index (Phi) is 5.87. The van der Waals surface area contributed by atoms with E-state index >= 15 is 0 Å². The average Bonchev–Trinajstić information content (AvgIpc) is 3.02. The first-order chi connectivity index (χ1) is 13.4. The lowest BCUT2D eigenvalue weighted by atomic mass is 9.75. The molecule has 0 aromatic heterocycles. The molecule has 0 N–H and O–H groups in total. The van der Waals surface area contributed by atoms with E-state index in [0.717, 1.165) is 17.5 Å². The first kappa shape index (κ1) is 20.1. The molecule has 0 spiro atoms. The van der Waals surface area contributed by atoms with Crippen LogP contribution in [0.1, 0.15) is 51.7 Å². The van der Waals surface area contributed by atoms with E-state index < -0.39 is 17.7 Å². The predicted octanol–water partition coefficient (Wildman–Crippen LogP) is 5.37. The molecule has 1 atom stereocenters. The number of amides is 2. The van der Waals surface area contributed by atoms with Gasteiger partial charge in [-0.15, -0.1) is 0 Å². The van der Waals surface area contributed by atoms with Crippen molar-refractivity contribution in [1.82, 2.24) is 4.90 Å². The molecular weight excluding hydrogens is 350 g/mol. The number of imide groups is 1. The summed E-state index contributed by atoms with van der Waals surface area (Å²) in [5, 5.41) is 0. The number of cyclic esters (lactones) is 1. The summed E-state index contributed by atoms with van der Waals surface area (Å²) < 4.78 is 6.10. The molecule has 1 fully saturated rings. The lowest BCUT2D eigenvalue weighted by molar-refractivity contribution is -0.130. The van der Waals surface area contributed by atoms with Gasteiger partial charge in [0.25, 0.3) is 0 Å². The molecule has 4 nitrogen and oxygen atoms in total. The summed E-state index contributed by atoms with van der Waals surface area (Å²) >= 11 is 0. The van der Waals surface area contributed by atoms with Gasteiger partial charge in [-0.3, -0.25) is 4.79 Å². The zero-order chi connectivity index (χ0) is 20.3. The Hall–Kier alpha value is -2.62. The van der Waals surface area contributed by atoms with E-state index in [9.17, 15) is 9.59 Å². The first-order valence-corrected chi connectivity index (χ1v) is 10.0. The van der Waals surface area contributed by atoms with Crippen LogP contribution in [0.3, 0.4) is 0 Å². The number of carbonyl (C=O) groups is 2. The minimum atomic E-state index is -1.01. The van der Waals surface area contributed by atoms with Gasteiger partial charge in [0, 0.05) is 17.5 Å². The molecule has 1 aliphatic rings. The van der Waals surface area contributed by atoms with Gasteiger partial charge in [-0.05, 0) is 18.3 Å². The molecule has 28 heavy (non-hydrogen) atoms. The van der Waals surface area contributed by atoms with Crippen LogP contribution in [-0.2, 0) is 15.1 Å². The summed E-state index contributed by atoms with van der Waals surface area (Å²) in [4.78, 5) is 27.4. The summed E-state index contributed by atoms with van der Waals surface area (Å²) in [5.41, 5.74) is 0.751. The molecule has 4 heteroatoms. The van der Waals surface area contributed by atoms with Crippen molar-refractivity contribution in [2.75, 3.05) is 0 Å². The van der Waals surface area contributed by atoms with Crippen molar-refractivity contribution in [3.8, 4) is 0 Å². The number of carbonyl (C=O) groups excluding carboxylic acids is 2. The third-order valence-electron chi connectivity index (χ3n) is 5.38. The molecule has 1 unspecified atom stereocenters. The smallest absolute Gasteiger partial charge is 0.418 e. The maximum Gasteiger partial charge on any atom is 0.418 e. The fourth-order valence-electron chi connectivity index (χ4n) is 4.10. The van der Waals surface area contributed by atoms with Crippen LogP contribution in [0.5, 0.6) is 0 Å². The number of benzene rings is 2. The van der Waals surface area contributed by atoms with Crippen LogP contribution in [0, 0.1) is 11.8 Å². The summed E-state index contributed by atoms with van der Waals surface area (Å²) in [5.74, 6) is 0.258. The highest BCUT2D eigenvalue weighted by Gasteiger charge is 2.59. The van der Waals surface area contributed by atoms with Gasteiger partial charge in [0.2, 0.25) is 5.91 Å². The van der Waals surface area contributed by atoms with Gasteiger partial charge >= 0.3 is 6.09 Å². The van der Waals surface area contributed by atoms with Gasteiger partial charge in [0.05, 0.1) is 6.04 Å². The molecule has 0 aliphatic carbocycles. The van der Waals surface area contributed by atoms with Gasteiger partial charge in [-0.25, -0.2) is 9.69 Å². The van der Waals surface area contributed by atoms with Gasteiger partial charge in [0.1, 0.15) is 0 Å². The number of ether oxygens (including phenoxy) is 1. The second kappa shape index (κ2) is 8.17. The van der Waals surface area contributed by atoms with E-state index in [2.05, 4.69) is 13.8 Å². The molecule has 2 amide bonds. The van der Waals surface area contributed by atoms with E-state index in [0.29, 0.717) is 12.3 Å². The monoisotopic (exact) mass is 379 g/mol. The third-order valence-corrected chi connectivity index (χ3v) is 5.38. The summed E-state index contributed by atoms with van der Waals surface area (Å²) in [6.07, 6.45) is 0.535. The zero-order valence-electron chi connectivity index (χ0n) is 17.1. The SMILES string of the molecule is CC(C)CCC(=O)N1C(=O)OC(c2ccccc2)(c2ccccc2)C1C(C)C. The van der Waals surface area contributed by atoms with Crippen molar-refractivity contribution in [2.45, 2.75) is 52.2 Å². The summed E-state index contributed by atoms with van der Waals surface area (Å²) in [7, 11) is 0. The Morgan fingerprint density at radius 3 is 1.89 bits per heavy atom. The van der Waals surface area contributed by atoms with Crippen molar-refractivity contribution in [1.29, 1.82) is 0 Å². The highest BCUT2D eigenvalue weighted by atomic mass is 16.6. The van der Waals surface area contributed by atoms with Gasteiger partial charge in [-0.2, -0.15) is 0 Å². The lowest BCUT2D eigenvalue weighted by Crippen LogP contribution is -2.49. The zero-order valence-corrected chi connectivity index (χ0v) is 17.1. The molecule has 1 aliphatic heterocycles. The van der Waals surface area contributed by atoms with Gasteiger partial charge < -0.3 is 4.74 Å². The minimum Gasteiger partial charge on any atom is -0.430 e. The number of nitrogens with zero attached hydrogens (tertiary/aromatic N) is 1. The number of hydrogen-bond acceptors (Lipinski definition) is 3. The van der Waals surface area contributed by atoms with E-state index in [1.54, 1.807) is 0 Å². The topological polar surface area (TPSA) is 46.6 Å². The van der Waals surface area contributed by atoms with Crippen molar-refractivity contribution in [3.05, 3.63) is 71.8 Å². The fraction of sp³-hybridized carbons (Fsp3) is 0.417. The van der Waals surface area contributed by atoms with Crippen LogP contribution >= 0.6 is 0 Å². The maximum atomic E-state index is 13.1. The van der Waals surface area contributed by atoms with E-state index in [1.807, 2.05) is 74.5 Å². The largest absolute Gasteiger partial charge is 0.430 e. The molecule has 1 heterocycles. The number of rotatable bonds is 6. The standard InChI is InChI=1S/C24H29NO3/c1-17(2)15-16-21(26)25-22(18(3)4)24(28-23(25)27,19-11-7-5-8-12-19)20-13-9-6-10-14-20/h5-14,17-18,22H,15-16H2,1-4H3. The Labute approximate surface area is 167 Å². The Balaban J connectivity index is 2.14. The average molecular weight is 380 g/mol. The van der Waals surface area contributed by atoms with E-state index in [-0.39, 0.29) is 11.8 Å². The van der Waals surface area contributed by atoms with Crippen LogP contribution in [0.25, 0.3) is 0 Å². The molecular formula is C24H29NO3. The van der Waals surface area contributed by atoms with Crippen LogP contribution in [0.4, 0.5) is 4.79 Å². The Morgan fingerprint density at radius 2 is 1.46 bits per heavy atom. The molecule has 148 valence electrons. The van der Waals surface area contributed by atoms with E-state index in [4.69, 9.17) is 4.74 Å².